The molecule has 0 unspecified atom stereocenters. The van der Waals surface area contributed by atoms with Crippen LogP contribution < -0.4 is 9.64 Å². The van der Waals surface area contributed by atoms with E-state index in [2.05, 4.69) is 18.8 Å². The van der Waals surface area contributed by atoms with Crippen LogP contribution in [0.5, 0.6) is 5.75 Å². The van der Waals surface area contributed by atoms with Crippen LogP contribution in [0, 0.1) is 0 Å². The molecule has 4 aromatic rings. The normalized spacial score (nSPS) is 17.5. The Balaban J connectivity index is 1.70. The Morgan fingerprint density at radius 1 is 1.03 bits per heavy atom. The number of ketones is 1. The van der Waals surface area contributed by atoms with E-state index in [9.17, 15) is 14.7 Å². The molecule has 0 spiro atoms. The number of Topliss-reactive ketones (excluding diaryl/α,β-unsaturated/α-hetero) is 1. The topological polar surface area (TPSA) is 79.7 Å². The molecule has 7 heteroatoms. The van der Waals surface area contributed by atoms with E-state index < -0.39 is 17.7 Å². The van der Waals surface area contributed by atoms with Gasteiger partial charge < -0.3 is 9.84 Å². The van der Waals surface area contributed by atoms with Crippen molar-refractivity contribution in [3.8, 4) is 5.75 Å². The van der Waals surface area contributed by atoms with E-state index in [1.807, 2.05) is 42.5 Å². The molecular weight excluding hydrogens is 460 g/mol. The van der Waals surface area contributed by atoms with E-state index in [0.29, 0.717) is 27.9 Å². The van der Waals surface area contributed by atoms with Gasteiger partial charge in [0.1, 0.15) is 11.5 Å². The van der Waals surface area contributed by atoms with Gasteiger partial charge in [-0.15, -0.1) is 0 Å². The maximum atomic E-state index is 13.4. The van der Waals surface area contributed by atoms with Crippen LogP contribution in [0.25, 0.3) is 16.0 Å². The number of hydrogen-bond donors (Lipinski definition) is 1. The highest BCUT2D eigenvalue weighted by atomic mass is 32.1. The molecule has 35 heavy (non-hydrogen) atoms. The maximum Gasteiger partial charge on any atom is 0.301 e. The molecule has 1 atom stereocenters. The number of carbonyl (C=O) groups is 2. The van der Waals surface area contributed by atoms with Gasteiger partial charge in [-0.1, -0.05) is 79.8 Å². The van der Waals surface area contributed by atoms with Crippen molar-refractivity contribution in [2.45, 2.75) is 25.8 Å². The number of aliphatic hydroxyl groups is 1. The van der Waals surface area contributed by atoms with Crippen molar-refractivity contribution in [3.63, 3.8) is 0 Å². The number of thiazole rings is 1. The summed E-state index contributed by atoms with van der Waals surface area (Å²) >= 11 is 1.30. The third-order valence-electron chi connectivity index (χ3n) is 6.20. The first-order chi connectivity index (χ1) is 16.9. The van der Waals surface area contributed by atoms with Crippen LogP contribution in [0.2, 0.25) is 0 Å². The van der Waals surface area contributed by atoms with Crippen LogP contribution >= 0.6 is 11.3 Å². The predicted molar refractivity (Wildman–Crippen MR) is 138 cm³/mol. The second-order valence-corrected chi connectivity index (χ2v) is 9.70. The zero-order chi connectivity index (χ0) is 24.7. The number of nitrogens with zero attached hydrogens (tertiary/aromatic N) is 2. The van der Waals surface area contributed by atoms with Crippen molar-refractivity contribution < 1.29 is 19.4 Å². The number of fused-ring (bicyclic) bond motifs is 1. The number of rotatable bonds is 5. The Morgan fingerprint density at radius 3 is 2.40 bits per heavy atom. The first-order valence-electron chi connectivity index (χ1n) is 11.3. The minimum absolute atomic E-state index is 0.0512. The minimum atomic E-state index is -0.807. The number of benzene rings is 3. The van der Waals surface area contributed by atoms with Gasteiger partial charge in [-0.3, -0.25) is 14.5 Å². The quantitative estimate of drug-likeness (QED) is 0.212. The smallest absolute Gasteiger partial charge is 0.301 e. The predicted octanol–water partition coefficient (Wildman–Crippen LogP) is 6.05. The minimum Gasteiger partial charge on any atom is -0.507 e. The molecule has 3 aromatic carbocycles. The summed E-state index contributed by atoms with van der Waals surface area (Å²) in [6.45, 7) is 4.21. The molecule has 1 amide bonds. The zero-order valence-electron chi connectivity index (χ0n) is 19.6. The van der Waals surface area contributed by atoms with E-state index in [0.717, 1.165) is 15.8 Å². The lowest BCUT2D eigenvalue weighted by atomic mass is 9.93. The fourth-order valence-corrected chi connectivity index (χ4v) is 5.30. The van der Waals surface area contributed by atoms with E-state index in [1.165, 1.54) is 16.2 Å². The molecule has 1 N–H and O–H groups in total. The Labute approximate surface area is 207 Å². The summed E-state index contributed by atoms with van der Waals surface area (Å²) in [5.74, 6) is -0.640. The van der Waals surface area contributed by atoms with Gasteiger partial charge in [-0.2, -0.15) is 0 Å². The van der Waals surface area contributed by atoms with Crippen LogP contribution in [0.15, 0.2) is 78.4 Å². The van der Waals surface area contributed by atoms with E-state index >= 15 is 0 Å². The number of hydrogen-bond acceptors (Lipinski definition) is 6. The fourth-order valence-electron chi connectivity index (χ4n) is 4.28. The third kappa shape index (κ3) is 3.98. The van der Waals surface area contributed by atoms with Gasteiger partial charge in [-0.25, -0.2) is 4.98 Å². The number of amides is 1. The van der Waals surface area contributed by atoms with Crippen molar-refractivity contribution in [1.82, 2.24) is 4.98 Å². The molecular formula is C28H24N2O4S. The average Bonchev–Trinajstić information content (AvgIpc) is 3.41. The Bertz CT molecular complexity index is 1460. The fraction of sp³-hybridized carbons (Fsp3) is 0.179. The second kappa shape index (κ2) is 9.00. The molecule has 5 rings (SSSR count). The van der Waals surface area contributed by atoms with Gasteiger partial charge in [0.05, 0.1) is 28.9 Å². The summed E-state index contributed by atoms with van der Waals surface area (Å²) in [7, 11) is 1.59. The number of anilines is 1. The molecule has 6 nitrogen and oxygen atoms in total. The summed E-state index contributed by atoms with van der Waals surface area (Å²) in [4.78, 5) is 32.8. The summed E-state index contributed by atoms with van der Waals surface area (Å²) in [5, 5.41) is 11.6. The molecule has 1 aliphatic heterocycles. The summed E-state index contributed by atoms with van der Waals surface area (Å²) in [5.41, 5.74) is 3.09. The molecule has 1 saturated heterocycles. The number of carbonyl (C=O) groups excluding carboxylic acids is 2. The van der Waals surface area contributed by atoms with E-state index in [-0.39, 0.29) is 11.3 Å². The first kappa shape index (κ1) is 22.8. The molecule has 1 fully saturated rings. The van der Waals surface area contributed by atoms with Crippen LogP contribution in [-0.2, 0) is 9.59 Å². The highest BCUT2D eigenvalue weighted by Gasteiger charge is 2.48. The van der Waals surface area contributed by atoms with Gasteiger partial charge >= 0.3 is 5.91 Å². The van der Waals surface area contributed by atoms with Crippen molar-refractivity contribution in [2.75, 3.05) is 12.0 Å². The molecule has 0 radical (unpaired) electrons. The number of ether oxygens (including phenoxy) is 1. The Hall–Kier alpha value is -3.97. The van der Waals surface area contributed by atoms with Gasteiger partial charge in [0, 0.05) is 5.56 Å². The summed E-state index contributed by atoms with van der Waals surface area (Å²) < 4.78 is 6.15. The average molecular weight is 485 g/mol. The monoisotopic (exact) mass is 484 g/mol. The number of aliphatic hydroxyl groups excluding tert-OH is 1. The standard InChI is InChI=1S/C28H24N2O4S/c1-16(2)17-9-11-18(12-10-17)24-23(25(31)19-7-5-4-6-8-19)26(32)27(33)30(24)28-29-21-14-13-20(34-3)15-22(21)35-28/h4-16,24,31H,1-3H3/t24-/m1/s1. The van der Waals surface area contributed by atoms with Crippen LogP contribution in [-0.4, -0.2) is 28.9 Å². The first-order valence-corrected chi connectivity index (χ1v) is 12.1. The molecule has 1 aromatic heterocycles. The van der Waals surface area contributed by atoms with E-state index in [4.69, 9.17) is 4.74 Å². The summed E-state index contributed by atoms with van der Waals surface area (Å²) in [6, 6.07) is 21.3. The van der Waals surface area contributed by atoms with Gasteiger partial charge in [0.25, 0.3) is 5.78 Å². The van der Waals surface area contributed by atoms with Crippen molar-refractivity contribution in [1.29, 1.82) is 0 Å². The van der Waals surface area contributed by atoms with E-state index in [1.54, 1.807) is 37.4 Å². The van der Waals surface area contributed by atoms with Crippen molar-refractivity contribution >= 4 is 44.1 Å². The lowest BCUT2D eigenvalue weighted by Crippen LogP contribution is -2.29. The third-order valence-corrected chi connectivity index (χ3v) is 7.22. The lowest BCUT2D eigenvalue weighted by Gasteiger charge is -2.23. The second-order valence-electron chi connectivity index (χ2n) is 8.69. The Kier molecular flexibility index (Phi) is 5.86. The Morgan fingerprint density at radius 2 is 1.74 bits per heavy atom. The SMILES string of the molecule is COc1ccc2nc(N3C(=O)C(=O)C(=C(O)c4ccccc4)[C@H]3c3ccc(C(C)C)cc3)sc2c1. The molecule has 1 aliphatic rings. The summed E-state index contributed by atoms with van der Waals surface area (Å²) in [6.07, 6.45) is 0. The van der Waals surface area contributed by atoms with Crippen LogP contribution in [0.1, 0.15) is 42.5 Å². The number of methoxy groups -OCH3 is 1. The van der Waals surface area contributed by atoms with Crippen LogP contribution in [0.3, 0.4) is 0 Å². The van der Waals surface area contributed by atoms with Crippen LogP contribution in [0.4, 0.5) is 5.13 Å². The van der Waals surface area contributed by atoms with Gasteiger partial charge in [0.15, 0.2) is 5.13 Å². The molecule has 176 valence electrons. The highest BCUT2D eigenvalue weighted by molar-refractivity contribution is 7.22. The van der Waals surface area contributed by atoms with Gasteiger partial charge in [-0.05, 0) is 35.2 Å². The van der Waals surface area contributed by atoms with Crippen molar-refractivity contribution in [2.24, 2.45) is 0 Å². The molecule has 0 bridgehead atoms. The molecule has 0 aliphatic carbocycles. The molecule has 2 heterocycles. The highest BCUT2D eigenvalue weighted by Crippen LogP contribution is 2.44. The van der Waals surface area contributed by atoms with Gasteiger partial charge in [0.2, 0.25) is 0 Å². The molecule has 0 saturated carbocycles. The van der Waals surface area contributed by atoms with Crippen molar-refractivity contribution in [3.05, 3.63) is 95.1 Å². The maximum absolute atomic E-state index is 13.4. The lowest BCUT2D eigenvalue weighted by molar-refractivity contribution is -0.132. The zero-order valence-corrected chi connectivity index (χ0v) is 20.4. The number of aromatic nitrogens is 1. The largest absolute Gasteiger partial charge is 0.507 e.